The van der Waals surface area contributed by atoms with E-state index in [1.165, 1.54) is 80.7 Å². The Kier molecular flexibility index (Phi) is 7.39. The summed E-state index contributed by atoms with van der Waals surface area (Å²) in [6.07, 6.45) is 0. The lowest BCUT2D eigenvalue weighted by Crippen LogP contribution is -2.09. The zero-order valence-corrected chi connectivity index (χ0v) is 30.7. The Labute approximate surface area is 323 Å². The SMILES string of the molecule is c1ccc(-c2ccc(N(c3ccc(-c4cccc5c4c4ccccc4n5-c4ccc5ccccc5c4)cc3)c3ccc4c(c3)sc3ccccc34)cc2)cc1. The predicted octanol–water partition coefficient (Wildman–Crippen LogP) is 15.1. The van der Waals surface area contributed by atoms with Crippen LogP contribution in [-0.4, -0.2) is 4.57 Å². The fraction of sp³-hybridized carbons (Fsp3) is 0. The van der Waals surface area contributed by atoms with Gasteiger partial charge in [0.05, 0.1) is 11.0 Å². The second-order valence-corrected chi connectivity index (χ2v) is 15.2. The number of fused-ring (bicyclic) bond motifs is 7. The number of nitrogens with zero attached hydrogens (tertiary/aromatic N) is 2. The van der Waals surface area contributed by atoms with Crippen LogP contribution in [0.25, 0.3) is 80.7 Å². The highest BCUT2D eigenvalue weighted by Crippen LogP contribution is 2.43. The van der Waals surface area contributed by atoms with Crippen molar-refractivity contribution in [1.29, 1.82) is 0 Å². The molecule has 2 aromatic heterocycles. The predicted molar refractivity (Wildman–Crippen MR) is 237 cm³/mol. The van der Waals surface area contributed by atoms with E-state index in [0.717, 1.165) is 17.1 Å². The Morgan fingerprint density at radius 1 is 0.364 bits per heavy atom. The molecule has 11 aromatic rings. The summed E-state index contributed by atoms with van der Waals surface area (Å²) in [4.78, 5) is 2.38. The molecule has 0 aliphatic carbocycles. The van der Waals surface area contributed by atoms with Gasteiger partial charge in [-0.05, 0) is 99.8 Å². The second-order valence-electron chi connectivity index (χ2n) is 14.2. The molecule has 0 aliphatic rings. The lowest BCUT2D eigenvalue weighted by atomic mass is 9.99. The van der Waals surface area contributed by atoms with Crippen molar-refractivity contribution < 1.29 is 0 Å². The smallest absolute Gasteiger partial charge is 0.0547 e. The normalized spacial score (nSPS) is 11.6. The van der Waals surface area contributed by atoms with Crippen molar-refractivity contribution in [2.75, 3.05) is 4.90 Å². The highest BCUT2D eigenvalue weighted by atomic mass is 32.1. The molecule has 0 N–H and O–H groups in total. The fourth-order valence-electron chi connectivity index (χ4n) is 8.38. The van der Waals surface area contributed by atoms with E-state index in [1.54, 1.807) is 0 Å². The van der Waals surface area contributed by atoms with E-state index in [-0.39, 0.29) is 0 Å². The molecule has 0 fully saturated rings. The van der Waals surface area contributed by atoms with Crippen LogP contribution in [0.15, 0.2) is 206 Å². The molecule has 0 atom stereocenters. The molecule has 0 spiro atoms. The minimum Gasteiger partial charge on any atom is -0.310 e. The lowest BCUT2D eigenvalue weighted by molar-refractivity contribution is 1.19. The molecule has 2 nitrogen and oxygen atoms in total. The van der Waals surface area contributed by atoms with Gasteiger partial charge in [0.2, 0.25) is 0 Å². The Hall–Kier alpha value is -6.94. The van der Waals surface area contributed by atoms with Crippen LogP contribution in [-0.2, 0) is 0 Å². The van der Waals surface area contributed by atoms with E-state index in [9.17, 15) is 0 Å². The average molecular weight is 719 g/mol. The standard InChI is InChI=1S/C52H34N2S/c1-2-11-35(12-3-1)37-21-26-40(27-22-37)53(43-31-32-46-45-15-7-9-20-50(45)55-51(46)34-43)41-28-24-38(25-29-41)44-17-10-19-49-52(44)47-16-6-8-18-48(47)54(49)42-30-23-36-13-4-5-14-39(36)33-42/h1-34H. The molecule has 0 saturated heterocycles. The van der Waals surface area contributed by atoms with Crippen molar-refractivity contribution in [3.63, 3.8) is 0 Å². The number of aromatic nitrogens is 1. The molecule has 9 aromatic carbocycles. The number of benzene rings is 9. The maximum absolute atomic E-state index is 2.42. The molecular weight excluding hydrogens is 685 g/mol. The minimum absolute atomic E-state index is 1.11. The first-order valence-corrected chi connectivity index (χ1v) is 19.6. The molecule has 3 heteroatoms. The molecule has 258 valence electrons. The van der Waals surface area contributed by atoms with Gasteiger partial charge in [-0.25, -0.2) is 0 Å². The highest BCUT2D eigenvalue weighted by molar-refractivity contribution is 7.25. The van der Waals surface area contributed by atoms with Crippen LogP contribution >= 0.6 is 11.3 Å². The van der Waals surface area contributed by atoms with Gasteiger partial charge in [0.25, 0.3) is 0 Å². The lowest BCUT2D eigenvalue weighted by Gasteiger charge is -2.26. The van der Waals surface area contributed by atoms with E-state index in [4.69, 9.17) is 0 Å². The van der Waals surface area contributed by atoms with E-state index in [0.29, 0.717) is 0 Å². The van der Waals surface area contributed by atoms with Gasteiger partial charge in [0, 0.05) is 53.7 Å². The quantitative estimate of drug-likeness (QED) is 0.166. The van der Waals surface area contributed by atoms with Gasteiger partial charge in [-0.3, -0.25) is 0 Å². The summed E-state index contributed by atoms with van der Waals surface area (Å²) in [6.45, 7) is 0. The number of anilines is 3. The van der Waals surface area contributed by atoms with Crippen molar-refractivity contribution >= 4 is 81.1 Å². The number of para-hydroxylation sites is 1. The summed E-state index contributed by atoms with van der Waals surface area (Å²) < 4.78 is 5.02. The molecule has 11 rings (SSSR count). The minimum atomic E-state index is 1.11. The van der Waals surface area contributed by atoms with Crippen LogP contribution in [0, 0.1) is 0 Å². The average Bonchev–Trinajstić information content (AvgIpc) is 3.80. The Morgan fingerprint density at radius 3 is 1.80 bits per heavy atom. The summed E-state index contributed by atoms with van der Waals surface area (Å²) in [6, 6.07) is 75.2. The van der Waals surface area contributed by atoms with Gasteiger partial charge >= 0.3 is 0 Å². The van der Waals surface area contributed by atoms with E-state index in [1.807, 2.05) is 11.3 Å². The molecule has 0 radical (unpaired) electrons. The number of hydrogen-bond donors (Lipinski definition) is 0. The zero-order chi connectivity index (χ0) is 36.3. The van der Waals surface area contributed by atoms with Crippen molar-refractivity contribution in [2.24, 2.45) is 0 Å². The molecular formula is C52H34N2S. The molecule has 55 heavy (non-hydrogen) atoms. The van der Waals surface area contributed by atoms with Crippen LogP contribution in [0.5, 0.6) is 0 Å². The van der Waals surface area contributed by atoms with Gasteiger partial charge < -0.3 is 9.47 Å². The van der Waals surface area contributed by atoms with E-state index < -0.39 is 0 Å². The fourth-order valence-corrected chi connectivity index (χ4v) is 9.52. The second kappa shape index (κ2) is 12.9. The van der Waals surface area contributed by atoms with Gasteiger partial charge in [-0.1, -0.05) is 140 Å². The van der Waals surface area contributed by atoms with Gasteiger partial charge in [0.1, 0.15) is 0 Å². The summed E-state index contributed by atoms with van der Waals surface area (Å²) >= 11 is 1.86. The molecule has 0 unspecified atom stereocenters. The highest BCUT2D eigenvalue weighted by Gasteiger charge is 2.18. The third-order valence-corrected chi connectivity index (χ3v) is 12.1. The largest absolute Gasteiger partial charge is 0.310 e. The zero-order valence-electron chi connectivity index (χ0n) is 29.9. The van der Waals surface area contributed by atoms with Crippen LogP contribution < -0.4 is 4.90 Å². The summed E-state index contributed by atoms with van der Waals surface area (Å²) in [5, 5.41) is 7.62. The first kappa shape index (κ1) is 31.6. The third kappa shape index (κ3) is 5.32. The number of hydrogen-bond acceptors (Lipinski definition) is 2. The monoisotopic (exact) mass is 718 g/mol. The van der Waals surface area contributed by atoms with E-state index in [2.05, 4.69) is 216 Å². The first-order chi connectivity index (χ1) is 27.3. The number of thiophene rings is 1. The molecule has 0 aliphatic heterocycles. The van der Waals surface area contributed by atoms with Gasteiger partial charge in [-0.2, -0.15) is 0 Å². The van der Waals surface area contributed by atoms with Gasteiger partial charge in [-0.15, -0.1) is 11.3 Å². The summed E-state index contributed by atoms with van der Waals surface area (Å²) in [7, 11) is 0. The van der Waals surface area contributed by atoms with Crippen LogP contribution in [0.1, 0.15) is 0 Å². The van der Waals surface area contributed by atoms with Crippen LogP contribution in [0.3, 0.4) is 0 Å². The van der Waals surface area contributed by atoms with Crippen molar-refractivity contribution in [2.45, 2.75) is 0 Å². The Balaban J connectivity index is 1.04. The van der Waals surface area contributed by atoms with Crippen LogP contribution in [0.4, 0.5) is 17.1 Å². The van der Waals surface area contributed by atoms with Gasteiger partial charge in [0.15, 0.2) is 0 Å². The number of rotatable bonds is 6. The van der Waals surface area contributed by atoms with Crippen molar-refractivity contribution in [3.05, 3.63) is 206 Å². The Bertz CT molecular complexity index is 3190. The molecule has 0 saturated carbocycles. The summed E-state index contributed by atoms with van der Waals surface area (Å²) in [5.41, 5.74) is 11.8. The maximum atomic E-state index is 2.42. The molecule has 0 bridgehead atoms. The van der Waals surface area contributed by atoms with E-state index >= 15 is 0 Å². The molecule has 0 amide bonds. The Morgan fingerprint density at radius 2 is 0.982 bits per heavy atom. The summed E-state index contributed by atoms with van der Waals surface area (Å²) in [5.74, 6) is 0. The van der Waals surface area contributed by atoms with Crippen LogP contribution in [0.2, 0.25) is 0 Å². The maximum Gasteiger partial charge on any atom is 0.0547 e. The molecule has 2 heterocycles. The topological polar surface area (TPSA) is 8.17 Å². The first-order valence-electron chi connectivity index (χ1n) is 18.8. The third-order valence-electron chi connectivity index (χ3n) is 11.0. The van der Waals surface area contributed by atoms with Crippen molar-refractivity contribution in [1.82, 2.24) is 4.57 Å². The van der Waals surface area contributed by atoms with Crippen molar-refractivity contribution in [3.8, 4) is 27.9 Å².